The molecule has 16 nitrogen and oxygen atoms in total. The molecule has 0 amide bonds. The maximum absolute atomic E-state index is 5.91. The van der Waals surface area contributed by atoms with Crippen LogP contribution in [0.1, 0.15) is 0 Å². The molecule has 1 fully saturated rings. The number of rotatable bonds is 7. The van der Waals surface area contributed by atoms with Gasteiger partial charge in [0, 0.05) is 118 Å². The van der Waals surface area contributed by atoms with Crippen molar-refractivity contribution >= 4 is 51.7 Å². The Hall–Kier alpha value is -6.39. The van der Waals surface area contributed by atoms with Gasteiger partial charge >= 0.3 is 0 Å². The Balaban J connectivity index is 0.000000153. The Labute approximate surface area is 303 Å². The van der Waals surface area contributed by atoms with Gasteiger partial charge in [-0.3, -0.25) is 18.2 Å². The lowest BCUT2D eigenvalue weighted by atomic mass is 10.3. The van der Waals surface area contributed by atoms with Crippen LogP contribution in [0, 0.1) is 0 Å². The molecule has 52 heavy (non-hydrogen) atoms. The molecular weight excluding hydrogens is 680 g/mol. The first-order valence-electron chi connectivity index (χ1n) is 16.6. The SMILES string of the molecule is CN1CCN(c2cc(Nc3nccn4c(-c5cnn(C)c5)cnc34)ccn2)CC1.Cn1cc(-c2cnc3c(Nc4ccnc(Cl)c4)nccn23)cn1. The normalized spacial score (nSPS) is 13.3. The molecule has 0 atom stereocenters. The highest BCUT2D eigenvalue weighted by Gasteiger charge is 2.17. The van der Waals surface area contributed by atoms with E-state index in [1.807, 2.05) is 78.4 Å². The van der Waals surface area contributed by atoms with E-state index in [2.05, 4.69) is 73.6 Å². The highest BCUT2D eigenvalue weighted by atomic mass is 35.5. The number of nitrogens with zero attached hydrogens (tertiary/aromatic N) is 14. The molecule has 1 aliphatic heterocycles. The summed E-state index contributed by atoms with van der Waals surface area (Å²) < 4.78 is 7.53. The molecule has 0 aliphatic carbocycles. The van der Waals surface area contributed by atoms with Crippen molar-refractivity contribution in [3.8, 4) is 22.5 Å². The van der Waals surface area contributed by atoms with Crippen LogP contribution in [0.25, 0.3) is 33.8 Å². The predicted octanol–water partition coefficient (Wildman–Crippen LogP) is 4.94. The zero-order valence-electron chi connectivity index (χ0n) is 28.7. The summed E-state index contributed by atoms with van der Waals surface area (Å²) in [5.74, 6) is 2.33. The van der Waals surface area contributed by atoms with Gasteiger partial charge in [-0.05, 0) is 25.2 Å². The predicted molar refractivity (Wildman–Crippen MR) is 200 cm³/mol. The lowest BCUT2D eigenvalue weighted by molar-refractivity contribution is 0.312. The molecule has 0 aromatic carbocycles. The minimum absolute atomic E-state index is 0.418. The summed E-state index contributed by atoms with van der Waals surface area (Å²) in [5, 5.41) is 15.5. The molecule has 17 heteroatoms. The summed E-state index contributed by atoms with van der Waals surface area (Å²) >= 11 is 5.91. The fourth-order valence-corrected chi connectivity index (χ4v) is 6.18. The Morgan fingerprint density at radius 2 is 1.13 bits per heavy atom. The number of likely N-dealkylation sites (N-methyl/N-ethyl adjacent to an activating group) is 1. The van der Waals surface area contributed by atoms with Gasteiger partial charge < -0.3 is 20.4 Å². The largest absolute Gasteiger partial charge is 0.354 e. The smallest absolute Gasteiger partial charge is 0.180 e. The number of fused-ring (bicyclic) bond motifs is 2. The Bertz CT molecular complexity index is 2470. The molecule has 262 valence electrons. The molecule has 0 radical (unpaired) electrons. The van der Waals surface area contributed by atoms with Gasteiger partial charge in [0.2, 0.25) is 0 Å². The molecule has 8 aromatic rings. The van der Waals surface area contributed by atoms with Crippen LogP contribution in [0.15, 0.2) is 98.6 Å². The van der Waals surface area contributed by atoms with E-state index in [0.29, 0.717) is 16.8 Å². The van der Waals surface area contributed by atoms with Gasteiger partial charge in [-0.15, -0.1) is 0 Å². The lowest BCUT2D eigenvalue weighted by Gasteiger charge is -2.33. The molecule has 1 saturated heterocycles. The fourth-order valence-electron chi connectivity index (χ4n) is 6.01. The minimum atomic E-state index is 0.418. The summed E-state index contributed by atoms with van der Waals surface area (Å²) in [5.41, 5.74) is 7.17. The van der Waals surface area contributed by atoms with Crippen LogP contribution in [0.5, 0.6) is 0 Å². The van der Waals surface area contributed by atoms with Crippen LogP contribution < -0.4 is 15.5 Å². The summed E-state index contributed by atoms with van der Waals surface area (Å²) in [6, 6.07) is 7.58. The quantitative estimate of drug-likeness (QED) is 0.215. The molecular formula is C35H35ClN16. The van der Waals surface area contributed by atoms with E-state index < -0.39 is 0 Å². The van der Waals surface area contributed by atoms with Gasteiger partial charge in [0.05, 0.1) is 36.2 Å². The van der Waals surface area contributed by atoms with Gasteiger partial charge in [-0.1, -0.05) is 11.6 Å². The number of pyridine rings is 2. The first-order chi connectivity index (χ1) is 25.4. The first kappa shape index (κ1) is 32.8. The summed E-state index contributed by atoms with van der Waals surface area (Å²) in [7, 11) is 5.94. The Morgan fingerprint density at radius 1 is 0.596 bits per heavy atom. The van der Waals surface area contributed by atoms with Crippen molar-refractivity contribution in [2.24, 2.45) is 14.1 Å². The maximum Gasteiger partial charge on any atom is 0.180 e. The lowest BCUT2D eigenvalue weighted by Crippen LogP contribution is -2.44. The number of piperazine rings is 1. The van der Waals surface area contributed by atoms with Gasteiger partial charge in [-0.2, -0.15) is 10.2 Å². The van der Waals surface area contributed by atoms with Gasteiger partial charge in [-0.25, -0.2) is 29.9 Å². The molecule has 2 N–H and O–H groups in total. The second-order valence-electron chi connectivity index (χ2n) is 12.3. The highest BCUT2D eigenvalue weighted by Crippen LogP contribution is 2.27. The molecule has 0 unspecified atom stereocenters. The average molecular weight is 715 g/mol. The number of hydrogen-bond acceptors (Lipinski definition) is 12. The van der Waals surface area contributed by atoms with E-state index in [4.69, 9.17) is 11.6 Å². The van der Waals surface area contributed by atoms with Crippen molar-refractivity contribution in [3.05, 3.63) is 104 Å². The van der Waals surface area contributed by atoms with Crippen molar-refractivity contribution in [2.75, 3.05) is 48.8 Å². The van der Waals surface area contributed by atoms with E-state index in [1.54, 1.807) is 46.4 Å². The van der Waals surface area contributed by atoms with Crippen molar-refractivity contribution in [1.82, 2.24) is 63.2 Å². The summed E-state index contributed by atoms with van der Waals surface area (Å²) in [6.07, 6.45) is 22.0. The molecule has 0 spiro atoms. The number of aryl methyl sites for hydroxylation is 2. The van der Waals surface area contributed by atoms with Crippen molar-refractivity contribution in [1.29, 1.82) is 0 Å². The number of imidazole rings is 2. The van der Waals surface area contributed by atoms with E-state index in [1.165, 1.54) is 0 Å². The van der Waals surface area contributed by atoms with Crippen LogP contribution in [0.4, 0.5) is 28.8 Å². The Kier molecular flexibility index (Phi) is 8.88. The second-order valence-corrected chi connectivity index (χ2v) is 12.7. The molecule has 0 saturated carbocycles. The molecule has 9 heterocycles. The van der Waals surface area contributed by atoms with Crippen molar-refractivity contribution < 1.29 is 0 Å². The number of aromatic nitrogens is 12. The van der Waals surface area contributed by atoms with Crippen LogP contribution >= 0.6 is 11.6 Å². The zero-order valence-corrected chi connectivity index (χ0v) is 29.5. The molecule has 0 bridgehead atoms. The van der Waals surface area contributed by atoms with Crippen LogP contribution in [-0.2, 0) is 14.1 Å². The molecule has 9 rings (SSSR count). The third-order valence-corrected chi connectivity index (χ3v) is 8.89. The minimum Gasteiger partial charge on any atom is -0.354 e. The fraction of sp³-hybridized carbons (Fsp3) is 0.200. The second kappa shape index (κ2) is 14.1. The standard InChI is InChI=1S/C20H23N9.C15H12ClN7/c1-26-7-9-28(10-8-26)18-11-16(3-4-21-18)25-19-20-23-13-17(29(20)6-5-22-19)15-12-24-27(2)14-15;1-22-9-10(7-20-22)12-8-19-15-14(18-4-5-23(12)15)21-11-2-3-17-13(16)6-11/h3-6,11-14H,7-10H2,1-2H3,(H,21,22,25);2-9H,1H3,(H,17,18,21). The van der Waals surface area contributed by atoms with Crippen LogP contribution in [0.3, 0.4) is 0 Å². The van der Waals surface area contributed by atoms with Crippen LogP contribution in [0.2, 0.25) is 5.15 Å². The monoisotopic (exact) mass is 714 g/mol. The van der Waals surface area contributed by atoms with E-state index >= 15 is 0 Å². The number of nitrogens with one attached hydrogen (secondary N) is 2. The van der Waals surface area contributed by atoms with Gasteiger partial charge in [0.15, 0.2) is 22.9 Å². The zero-order chi connectivity index (χ0) is 35.6. The van der Waals surface area contributed by atoms with Crippen molar-refractivity contribution in [3.63, 3.8) is 0 Å². The van der Waals surface area contributed by atoms with E-state index in [9.17, 15) is 0 Å². The highest BCUT2D eigenvalue weighted by molar-refractivity contribution is 6.29. The summed E-state index contributed by atoms with van der Waals surface area (Å²) in [6.45, 7) is 4.06. The maximum atomic E-state index is 5.91. The Morgan fingerprint density at radius 3 is 1.65 bits per heavy atom. The molecule has 8 aromatic heterocycles. The first-order valence-corrected chi connectivity index (χ1v) is 16.9. The van der Waals surface area contributed by atoms with E-state index in [0.717, 1.165) is 77.2 Å². The van der Waals surface area contributed by atoms with Gasteiger partial charge in [0.25, 0.3) is 0 Å². The topological polar surface area (TPSA) is 152 Å². The van der Waals surface area contributed by atoms with Gasteiger partial charge in [0.1, 0.15) is 11.0 Å². The number of hydrogen-bond donors (Lipinski definition) is 2. The number of anilines is 5. The van der Waals surface area contributed by atoms with Crippen molar-refractivity contribution in [2.45, 2.75) is 0 Å². The molecule has 1 aliphatic rings. The third kappa shape index (κ3) is 6.84. The van der Waals surface area contributed by atoms with Crippen LogP contribution in [-0.4, -0.2) is 96.4 Å². The average Bonchev–Trinajstić information content (AvgIpc) is 3.96. The summed E-state index contributed by atoms with van der Waals surface area (Å²) in [4.78, 5) is 31.1. The third-order valence-electron chi connectivity index (χ3n) is 8.68. The number of halogens is 1. The van der Waals surface area contributed by atoms with E-state index in [-0.39, 0.29) is 0 Å².